The van der Waals surface area contributed by atoms with Crippen molar-refractivity contribution >= 4 is 17.5 Å². The molecule has 0 atom stereocenters. The Bertz CT molecular complexity index is 692. The SMILES string of the molecule is COc1cc(F)ccc1N1C(=O)c2ccccc2C1=O. The van der Waals surface area contributed by atoms with Crippen LogP contribution in [0.4, 0.5) is 10.1 Å². The first kappa shape index (κ1) is 12.3. The molecule has 0 bridgehead atoms. The number of amides is 2. The maximum atomic E-state index is 13.2. The summed E-state index contributed by atoms with van der Waals surface area (Å²) < 4.78 is 18.3. The van der Waals surface area contributed by atoms with Crippen molar-refractivity contribution < 1.29 is 18.7 Å². The number of fused-ring (bicyclic) bond motifs is 1. The minimum absolute atomic E-state index is 0.138. The Morgan fingerprint density at radius 3 is 2.15 bits per heavy atom. The first-order valence-corrected chi connectivity index (χ1v) is 5.95. The lowest BCUT2D eigenvalue weighted by molar-refractivity contribution is 0.0925. The monoisotopic (exact) mass is 271 g/mol. The molecule has 1 aliphatic heterocycles. The zero-order valence-corrected chi connectivity index (χ0v) is 10.6. The van der Waals surface area contributed by atoms with E-state index in [1.165, 1.54) is 19.2 Å². The smallest absolute Gasteiger partial charge is 0.266 e. The van der Waals surface area contributed by atoms with E-state index in [4.69, 9.17) is 4.74 Å². The van der Waals surface area contributed by atoms with E-state index in [2.05, 4.69) is 0 Å². The summed E-state index contributed by atoms with van der Waals surface area (Å²) in [6.45, 7) is 0. The molecule has 5 heteroatoms. The van der Waals surface area contributed by atoms with Gasteiger partial charge in [-0.05, 0) is 24.3 Å². The maximum absolute atomic E-state index is 13.2. The fourth-order valence-corrected chi connectivity index (χ4v) is 2.24. The van der Waals surface area contributed by atoms with Crippen molar-refractivity contribution in [2.75, 3.05) is 12.0 Å². The predicted octanol–water partition coefficient (Wildman–Crippen LogP) is 2.63. The molecule has 0 spiro atoms. The number of halogens is 1. The molecule has 0 aromatic heterocycles. The molecule has 2 aromatic rings. The van der Waals surface area contributed by atoms with Crippen LogP contribution in [0.2, 0.25) is 0 Å². The summed E-state index contributed by atoms with van der Waals surface area (Å²) in [6.07, 6.45) is 0. The summed E-state index contributed by atoms with van der Waals surface area (Å²) in [7, 11) is 1.36. The van der Waals surface area contributed by atoms with Crippen LogP contribution in [-0.2, 0) is 0 Å². The second-order valence-corrected chi connectivity index (χ2v) is 4.31. The fraction of sp³-hybridized carbons (Fsp3) is 0.0667. The molecule has 0 saturated carbocycles. The number of imide groups is 1. The molecule has 0 unspecified atom stereocenters. The van der Waals surface area contributed by atoms with Gasteiger partial charge >= 0.3 is 0 Å². The van der Waals surface area contributed by atoms with Gasteiger partial charge in [-0.25, -0.2) is 9.29 Å². The zero-order chi connectivity index (χ0) is 14.3. The number of hydrogen-bond donors (Lipinski definition) is 0. The van der Waals surface area contributed by atoms with Crippen molar-refractivity contribution in [2.45, 2.75) is 0 Å². The number of hydrogen-bond acceptors (Lipinski definition) is 3. The van der Waals surface area contributed by atoms with E-state index in [0.29, 0.717) is 11.1 Å². The van der Waals surface area contributed by atoms with Crippen LogP contribution in [0.25, 0.3) is 0 Å². The molecule has 0 N–H and O–H groups in total. The number of ether oxygens (including phenoxy) is 1. The minimum atomic E-state index is -0.498. The average molecular weight is 271 g/mol. The van der Waals surface area contributed by atoms with Gasteiger partial charge in [0, 0.05) is 6.07 Å². The summed E-state index contributed by atoms with van der Waals surface area (Å²) in [5.41, 5.74) is 0.910. The second-order valence-electron chi connectivity index (χ2n) is 4.31. The molecule has 4 nitrogen and oxygen atoms in total. The summed E-state index contributed by atoms with van der Waals surface area (Å²) in [5.74, 6) is -1.23. The number of carbonyl (C=O) groups excluding carboxylic acids is 2. The highest BCUT2D eigenvalue weighted by Gasteiger charge is 2.37. The van der Waals surface area contributed by atoms with Crippen molar-refractivity contribution in [3.63, 3.8) is 0 Å². The number of carbonyl (C=O) groups is 2. The topological polar surface area (TPSA) is 46.6 Å². The molecule has 0 fully saturated rings. The highest BCUT2D eigenvalue weighted by atomic mass is 19.1. The number of nitrogens with zero attached hydrogens (tertiary/aromatic N) is 1. The Morgan fingerprint density at radius 1 is 1.00 bits per heavy atom. The molecule has 20 heavy (non-hydrogen) atoms. The molecule has 2 amide bonds. The molecule has 3 rings (SSSR count). The van der Waals surface area contributed by atoms with Crippen molar-refractivity contribution in [2.24, 2.45) is 0 Å². The molecule has 0 aliphatic carbocycles. The van der Waals surface area contributed by atoms with Crippen LogP contribution < -0.4 is 9.64 Å². The lowest BCUT2D eigenvalue weighted by Crippen LogP contribution is -2.29. The highest BCUT2D eigenvalue weighted by Crippen LogP contribution is 2.35. The van der Waals surface area contributed by atoms with E-state index in [0.717, 1.165) is 11.0 Å². The Hall–Kier alpha value is -2.69. The zero-order valence-electron chi connectivity index (χ0n) is 10.6. The van der Waals surface area contributed by atoms with Crippen LogP contribution in [0, 0.1) is 5.82 Å². The first-order valence-electron chi connectivity index (χ1n) is 5.95. The summed E-state index contributed by atoms with van der Waals surface area (Å²) in [6, 6.07) is 10.2. The normalized spacial score (nSPS) is 13.6. The molecular weight excluding hydrogens is 261 g/mol. The van der Waals surface area contributed by atoms with Gasteiger partial charge < -0.3 is 4.74 Å². The molecule has 2 aromatic carbocycles. The Kier molecular flexibility index (Phi) is 2.75. The molecular formula is C15H10FNO3. The molecule has 0 radical (unpaired) electrons. The lowest BCUT2D eigenvalue weighted by Gasteiger charge is -2.17. The second kappa shape index (κ2) is 4.45. The third kappa shape index (κ3) is 1.67. The van der Waals surface area contributed by atoms with E-state index < -0.39 is 17.6 Å². The lowest BCUT2D eigenvalue weighted by atomic mass is 10.1. The number of rotatable bonds is 2. The van der Waals surface area contributed by atoms with Gasteiger partial charge in [-0.1, -0.05) is 12.1 Å². The Labute approximate surface area is 114 Å². The van der Waals surface area contributed by atoms with Gasteiger partial charge in [0.05, 0.1) is 23.9 Å². The summed E-state index contributed by atoms with van der Waals surface area (Å²) in [4.78, 5) is 25.6. The molecule has 1 heterocycles. The summed E-state index contributed by atoms with van der Waals surface area (Å²) >= 11 is 0. The van der Waals surface area contributed by atoms with E-state index in [1.807, 2.05) is 0 Å². The standard InChI is InChI=1S/C15H10FNO3/c1-20-13-8-9(16)6-7-12(13)17-14(18)10-4-2-3-5-11(10)15(17)19/h2-8H,1H3. The highest BCUT2D eigenvalue weighted by molar-refractivity contribution is 6.34. The van der Waals surface area contributed by atoms with Gasteiger partial charge in [-0.15, -0.1) is 0 Å². The van der Waals surface area contributed by atoms with E-state index in [9.17, 15) is 14.0 Å². The van der Waals surface area contributed by atoms with Crippen LogP contribution in [0.3, 0.4) is 0 Å². The van der Waals surface area contributed by atoms with E-state index >= 15 is 0 Å². The van der Waals surface area contributed by atoms with Crippen LogP contribution in [0.5, 0.6) is 5.75 Å². The van der Waals surface area contributed by atoms with Crippen LogP contribution in [-0.4, -0.2) is 18.9 Å². The number of anilines is 1. The van der Waals surface area contributed by atoms with Crippen molar-refractivity contribution in [1.29, 1.82) is 0 Å². The fourth-order valence-electron chi connectivity index (χ4n) is 2.24. The van der Waals surface area contributed by atoms with Crippen molar-refractivity contribution in [1.82, 2.24) is 0 Å². The average Bonchev–Trinajstić information content (AvgIpc) is 2.72. The van der Waals surface area contributed by atoms with Crippen molar-refractivity contribution in [3.05, 3.63) is 59.4 Å². The maximum Gasteiger partial charge on any atom is 0.266 e. The minimum Gasteiger partial charge on any atom is -0.494 e. The first-order chi connectivity index (χ1) is 9.63. The Balaban J connectivity index is 2.14. The quantitative estimate of drug-likeness (QED) is 0.789. The van der Waals surface area contributed by atoms with Gasteiger partial charge in [0.2, 0.25) is 0 Å². The van der Waals surface area contributed by atoms with Crippen LogP contribution in [0.15, 0.2) is 42.5 Å². The molecule has 100 valence electrons. The van der Waals surface area contributed by atoms with Gasteiger partial charge in [0.15, 0.2) is 0 Å². The predicted molar refractivity (Wildman–Crippen MR) is 70.5 cm³/mol. The largest absolute Gasteiger partial charge is 0.494 e. The van der Waals surface area contributed by atoms with Gasteiger partial charge in [0.1, 0.15) is 11.6 Å². The van der Waals surface area contributed by atoms with E-state index in [1.54, 1.807) is 24.3 Å². The Morgan fingerprint density at radius 2 is 1.60 bits per heavy atom. The third-order valence-electron chi connectivity index (χ3n) is 3.18. The van der Waals surface area contributed by atoms with Crippen LogP contribution in [0.1, 0.15) is 20.7 Å². The number of methoxy groups -OCH3 is 1. The molecule has 0 saturated heterocycles. The van der Waals surface area contributed by atoms with Crippen LogP contribution >= 0.6 is 0 Å². The molecule has 1 aliphatic rings. The summed E-state index contributed by atoms with van der Waals surface area (Å²) in [5, 5.41) is 0. The van der Waals surface area contributed by atoms with Gasteiger partial charge in [-0.2, -0.15) is 0 Å². The van der Waals surface area contributed by atoms with Gasteiger partial charge in [-0.3, -0.25) is 9.59 Å². The van der Waals surface area contributed by atoms with Gasteiger partial charge in [0.25, 0.3) is 11.8 Å². The van der Waals surface area contributed by atoms with E-state index in [-0.39, 0.29) is 11.4 Å². The number of benzene rings is 2. The third-order valence-corrected chi connectivity index (χ3v) is 3.18. The van der Waals surface area contributed by atoms with Crippen molar-refractivity contribution in [3.8, 4) is 5.75 Å².